The van der Waals surface area contributed by atoms with Crippen LogP contribution in [0.1, 0.15) is 18.0 Å². The number of hydrogen-bond acceptors (Lipinski definition) is 3. The van der Waals surface area contributed by atoms with Gasteiger partial charge >= 0.3 is 6.03 Å². The van der Waals surface area contributed by atoms with Gasteiger partial charge in [0.25, 0.3) is 0 Å². The smallest absolute Gasteiger partial charge is 0.320 e. The first-order chi connectivity index (χ1) is 9.72. The first-order valence-corrected chi connectivity index (χ1v) is 6.57. The molecule has 3 rings (SSSR count). The largest absolute Gasteiger partial charge is 0.464 e. The monoisotopic (exact) mass is 269 g/mol. The molecule has 5 heteroatoms. The number of carbonyl (C=O) groups excluding carboxylic acids is 1. The molecular formula is C15H15N3O2. The van der Waals surface area contributed by atoms with E-state index in [1.807, 2.05) is 24.3 Å². The molecule has 20 heavy (non-hydrogen) atoms. The number of amides is 2. The predicted molar refractivity (Wildman–Crippen MR) is 73.9 cm³/mol. The van der Waals surface area contributed by atoms with Crippen molar-refractivity contribution in [2.24, 2.45) is 0 Å². The minimum absolute atomic E-state index is 0.0233. The number of nitrogens with zero attached hydrogens (tertiary/aromatic N) is 3. The minimum Gasteiger partial charge on any atom is -0.464 e. The van der Waals surface area contributed by atoms with E-state index in [0.717, 1.165) is 16.5 Å². The van der Waals surface area contributed by atoms with Crippen LogP contribution in [0.4, 0.5) is 4.79 Å². The van der Waals surface area contributed by atoms with Gasteiger partial charge in [-0.15, -0.1) is 0 Å². The summed E-state index contributed by atoms with van der Waals surface area (Å²) in [6.07, 6.45) is 2.09. The van der Waals surface area contributed by atoms with E-state index in [9.17, 15) is 4.79 Å². The second kappa shape index (κ2) is 4.89. The Morgan fingerprint density at radius 3 is 3.05 bits per heavy atom. The zero-order valence-electron chi connectivity index (χ0n) is 11.2. The third-order valence-electron chi connectivity index (χ3n) is 3.80. The van der Waals surface area contributed by atoms with Crippen LogP contribution in [0.15, 0.2) is 34.9 Å². The first kappa shape index (κ1) is 12.5. The summed E-state index contributed by atoms with van der Waals surface area (Å²) in [5.41, 5.74) is 1.86. The Balaban J connectivity index is 1.91. The Labute approximate surface area is 117 Å². The van der Waals surface area contributed by atoms with Crippen LogP contribution in [0.5, 0.6) is 0 Å². The fourth-order valence-corrected chi connectivity index (χ4v) is 2.70. The van der Waals surface area contributed by atoms with Crippen LogP contribution < -0.4 is 0 Å². The fraction of sp³-hybridized carbons (Fsp3) is 0.333. The molecule has 1 aromatic carbocycles. The van der Waals surface area contributed by atoms with Crippen molar-refractivity contribution in [1.82, 2.24) is 9.80 Å². The Morgan fingerprint density at radius 1 is 1.45 bits per heavy atom. The number of nitriles is 1. The Kier molecular flexibility index (Phi) is 3.07. The highest BCUT2D eigenvalue weighted by molar-refractivity contribution is 5.84. The number of urea groups is 1. The van der Waals surface area contributed by atoms with Crippen molar-refractivity contribution in [3.05, 3.63) is 36.1 Å². The summed E-state index contributed by atoms with van der Waals surface area (Å²) in [6.45, 7) is 1.08. The number of carbonyl (C=O) groups is 1. The number of hydrogen-bond donors (Lipinski definition) is 0. The SMILES string of the molecule is CN1C(=O)N(CCC#N)CC1c1coc2ccccc12. The molecule has 2 aromatic rings. The number of fused-ring (bicyclic) bond motifs is 1. The zero-order valence-corrected chi connectivity index (χ0v) is 11.2. The number of furan rings is 1. The molecule has 0 spiro atoms. The van der Waals surface area contributed by atoms with Crippen molar-refractivity contribution >= 4 is 17.0 Å². The molecule has 1 aromatic heterocycles. The van der Waals surface area contributed by atoms with E-state index < -0.39 is 0 Å². The average molecular weight is 269 g/mol. The van der Waals surface area contributed by atoms with Crippen molar-refractivity contribution in [1.29, 1.82) is 5.26 Å². The normalized spacial score (nSPS) is 18.8. The minimum atomic E-state index is -0.0319. The van der Waals surface area contributed by atoms with Gasteiger partial charge in [-0.3, -0.25) is 0 Å². The maximum absolute atomic E-state index is 12.2. The molecule has 0 aliphatic carbocycles. The summed E-state index contributed by atoms with van der Waals surface area (Å²) < 4.78 is 5.55. The molecule has 1 aliphatic heterocycles. The van der Waals surface area contributed by atoms with E-state index in [0.29, 0.717) is 19.5 Å². The lowest BCUT2D eigenvalue weighted by molar-refractivity contribution is 0.196. The number of rotatable bonds is 3. The van der Waals surface area contributed by atoms with Gasteiger partial charge < -0.3 is 14.2 Å². The summed E-state index contributed by atoms with van der Waals surface area (Å²) in [7, 11) is 1.79. The van der Waals surface area contributed by atoms with E-state index in [1.54, 1.807) is 23.1 Å². The molecule has 2 amide bonds. The standard InChI is InChI=1S/C15H15N3O2/c1-17-13(9-18(15(17)19)8-4-7-16)12-10-20-14-6-3-2-5-11(12)14/h2-3,5-6,10,13H,4,8-9H2,1H3. The third kappa shape index (κ3) is 1.90. The highest BCUT2D eigenvalue weighted by atomic mass is 16.3. The zero-order chi connectivity index (χ0) is 14.1. The van der Waals surface area contributed by atoms with Crippen LogP contribution in [0.25, 0.3) is 11.0 Å². The Morgan fingerprint density at radius 2 is 2.25 bits per heavy atom. The van der Waals surface area contributed by atoms with Crippen molar-refractivity contribution in [2.75, 3.05) is 20.1 Å². The van der Waals surface area contributed by atoms with Gasteiger partial charge in [-0.05, 0) is 6.07 Å². The van der Waals surface area contributed by atoms with E-state index in [2.05, 4.69) is 6.07 Å². The highest BCUT2D eigenvalue weighted by Gasteiger charge is 2.36. The molecule has 1 aliphatic rings. The summed E-state index contributed by atoms with van der Waals surface area (Å²) >= 11 is 0. The first-order valence-electron chi connectivity index (χ1n) is 6.57. The molecule has 1 atom stereocenters. The lowest BCUT2D eigenvalue weighted by Gasteiger charge is -2.16. The van der Waals surface area contributed by atoms with E-state index in [-0.39, 0.29) is 12.1 Å². The molecule has 1 fully saturated rings. The fourth-order valence-electron chi connectivity index (χ4n) is 2.70. The topological polar surface area (TPSA) is 60.5 Å². The highest BCUT2D eigenvalue weighted by Crippen LogP contribution is 2.34. The summed E-state index contributed by atoms with van der Waals surface area (Å²) in [5.74, 6) is 0. The molecule has 2 heterocycles. The van der Waals surface area contributed by atoms with Gasteiger partial charge in [-0.25, -0.2) is 4.79 Å². The van der Waals surface area contributed by atoms with Gasteiger partial charge in [0, 0.05) is 31.1 Å². The molecule has 0 N–H and O–H groups in total. The van der Waals surface area contributed by atoms with Gasteiger partial charge in [0.15, 0.2) is 0 Å². The van der Waals surface area contributed by atoms with Gasteiger partial charge in [-0.2, -0.15) is 5.26 Å². The maximum atomic E-state index is 12.2. The quantitative estimate of drug-likeness (QED) is 0.860. The molecule has 1 unspecified atom stereocenters. The van der Waals surface area contributed by atoms with Crippen LogP contribution in [-0.4, -0.2) is 36.0 Å². The molecule has 1 saturated heterocycles. The van der Waals surface area contributed by atoms with Crippen molar-refractivity contribution in [2.45, 2.75) is 12.5 Å². The molecule has 0 saturated carbocycles. The molecule has 5 nitrogen and oxygen atoms in total. The lowest BCUT2D eigenvalue weighted by Crippen LogP contribution is -2.30. The molecule has 102 valence electrons. The van der Waals surface area contributed by atoms with Gasteiger partial charge in [0.05, 0.1) is 24.8 Å². The van der Waals surface area contributed by atoms with Crippen LogP contribution in [0, 0.1) is 11.3 Å². The van der Waals surface area contributed by atoms with Crippen molar-refractivity contribution in [3.8, 4) is 6.07 Å². The summed E-state index contributed by atoms with van der Waals surface area (Å²) in [6, 6.07) is 9.84. The number of likely N-dealkylation sites (N-methyl/N-ethyl adjacent to an activating group) is 1. The maximum Gasteiger partial charge on any atom is 0.320 e. The molecular weight excluding hydrogens is 254 g/mol. The van der Waals surface area contributed by atoms with Gasteiger partial charge in [0.2, 0.25) is 0 Å². The molecule has 0 bridgehead atoms. The lowest BCUT2D eigenvalue weighted by atomic mass is 10.1. The van der Waals surface area contributed by atoms with Gasteiger partial charge in [0.1, 0.15) is 5.58 Å². The Bertz CT molecular complexity index is 686. The number of benzene rings is 1. The second-order valence-corrected chi connectivity index (χ2v) is 4.95. The second-order valence-electron chi connectivity index (χ2n) is 4.95. The molecule has 0 radical (unpaired) electrons. The van der Waals surface area contributed by atoms with Crippen LogP contribution >= 0.6 is 0 Å². The summed E-state index contributed by atoms with van der Waals surface area (Å²) in [5, 5.41) is 9.69. The van der Waals surface area contributed by atoms with E-state index in [1.165, 1.54) is 0 Å². The van der Waals surface area contributed by atoms with E-state index >= 15 is 0 Å². The van der Waals surface area contributed by atoms with Crippen LogP contribution in [0.3, 0.4) is 0 Å². The van der Waals surface area contributed by atoms with Gasteiger partial charge in [-0.1, -0.05) is 18.2 Å². The van der Waals surface area contributed by atoms with Crippen LogP contribution in [-0.2, 0) is 0 Å². The summed E-state index contributed by atoms with van der Waals surface area (Å²) in [4.78, 5) is 15.6. The average Bonchev–Trinajstić information content (AvgIpc) is 3.00. The predicted octanol–water partition coefficient (Wildman–Crippen LogP) is 2.75. The van der Waals surface area contributed by atoms with Crippen molar-refractivity contribution < 1.29 is 9.21 Å². The third-order valence-corrected chi connectivity index (χ3v) is 3.80. The number of para-hydroxylation sites is 1. The van der Waals surface area contributed by atoms with E-state index in [4.69, 9.17) is 9.68 Å². The Hall–Kier alpha value is -2.48. The van der Waals surface area contributed by atoms with Crippen molar-refractivity contribution in [3.63, 3.8) is 0 Å². The van der Waals surface area contributed by atoms with Crippen LogP contribution in [0.2, 0.25) is 0 Å².